The van der Waals surface area contributed by atoms with Gasteiger partial charge in [-0.15, -0.1) is 0 Å². The van der Waals surface area contributed by atoms with E-state index in [-0.39, 0.29) is 57.1 Å². The van der Waals surface area contributed by atoms with Crippen molar-refractivity contribution in [1.82, 2.24) is 47.1 Å². The number of nitrogens with one attached hydrogen (secondary N) is 9. The number of hydrogen-bond donors (Lipinski definition) is 13. The number of primary amides is 2. The van der Waals surface area contributed by atoms with Crippen molar-refractivity contribution < 1.29 is 43.5 Å². The van der Waals surface area contributed by atoms with Crippen LogP contribution >= 0.6 is 0 Å². The normalized spacial score (nSPS) is 16.4. The molecule has 0 radical (unpaired) electrons. The molecule has 3 aromatic rings. The third-order valence-electron chi connectivity index (χ3n) is 11.3. The quantitative estimate of drug-likeness (QED) is 0.0241. The first-order valence-corrected chi connectivity index (χ1v) is 22.2. The van der Waals surface area contributed by atoms with Crippen molar-refractivity contribution in [3.05, 3.63) is 71.9 Å². The molecule has 16 N–H and O–H groups in total. The molecule has 2 heterocycles. The first-order valence-electron chi connectivity index (χ1n) is 22.2. The number of aliphatic hydroxyl groups is 1. The maximum Gasteiger partial charge on any atom is 0.246 e. The largest absolute Gasteiger partial charge is 0.391 e. The first kappa shape index (κ1) is 52.6. The van der Waals surface area contributed by atoms with E-state index in [1.54, 1.807) is 43.6 Å². The van der Waals surface area contributed by atoms with Crippen LogP contribution in [0.4, 0.5) is 0 Å². The number of aliphatic hydroxyl groups excluding tert-OH is 1. The minimum absolute atomic E-state index is 0.0379. The van der Waals surface area contributed by atoms with Gasteiger partial charge in [-0.05, 0) is 55.7 Å². The standard InChI is InChI=1S/C45H65N13O9/c1-24(2)19-33(41(64)53-31(15-10-17-51-45(49)50-4)40(63)54-32(38(48)61)21-27-23-52-30-14-9-8-13-28(27)30)55-42(65)35-16-18-58(35)44(67)34(20-26-11-6-5-7-12-26)56-43(66)37(25(3)59)57-39(62)29(46)22-36(47)60/h5-9,11-14,23-25,29,31-35,37,52,59H,10,15-22,46H2,1-4H3,(H2,47,60)(H2,48,61)(H,53,64)(H,54,63)(H,55,65)(H,56,66)(H,57,62)(H3,49,50,51)/t25-,29+,31+,32+,33+,34+,35+,37+/m1/s1. The molecule has 22 nitrogen and oxygen atoms in total. The summed E-state index contributed by atoms with van der Waals surface area (Å²) >= 11 is 0. The van der Waals surface area contributed by atoms with Crippen LogP contribution in [0.2, 0.25) is 0 Å². The number of amides is 8. The summed E-state index contributed by atoms with van der Waals surface area (Å²) in [5.41, 5.74) is 18.9. The van der Waals surface area contributed by atoms with Gasteiger partial charge in [0.2, 0.25) is 47.3 Å². The molecule has 2 aromatic carbocycles. The van der Waals surface area contributed by atoms with Crippen LogP contribution in [-0.2, 0) is 51.2 Å². The van der Waals surface area contributed by atoms with Gasteiger partial charge in [-0.2, -0.15) is 0 Å². The van der Waals surface area contributed by atoms with Crippen LogP contribution in [0.5, 0.6) is 0 Å². The number of carbonyl (C=O) groups is 8. The fourth-order valence-electron chi connectivity index (χ4n) is 7.55. The SMILES string of the molecule is CNC(=N)NCCC[C@H](NC(=O)[C@H](CC(C)C)NC(=O)[C@@H]1CCN1C(=O)[C@H](Cc1ccccc1)NC(=O)[C@@H](NC(=O)[C@@H](N)CC(N)=O)[C@@H](C)O)C(=O)N[C@@H](Cc1c[nH]c2ccccc12)C(N)=O. The Morgan fingerprint density at radius 3 is 2.06 bits per heavy atom. The molecule has 0 bridgehead atoms. The number of aromatic nitrogens is 1. The number of nitrogens with zero attached hydrogens (tertiary/aromatic N) is 1. The molecule has 8 amide bonds. The van der Waals surface area contributed by atoms with E-state index >= 15 is 0 Å². The average molecular weight is 932 g/mol. The molecule has 1 fully saturated rings. The summed E-state index contributed by atoms with van der Waals surface area (Å²) in [6, 6.07) is 7.27. The first-order chi connectivity index (χ1) is 31.8. The van der Waals surface area contributed by atoms with Gasteiger partial charge in [0.25, 0.3) is 0 Å². The van der Waals surface area contributed by atoms with Gasteiger partial charge in [0.1, 0.15) is 36.3 Å². The van der Waals surface area contributed by atoms with Gasteiger partial charge in [0.15, 0.2) is 5.96 Å². The van der Waals surface area contributed by atoms with Crippen molar-refractivity contribution in [3.63, 3.8) is 0 Å². The monoisotopic (exact) mass is 932 g/mol. The zero-order valence-corrected chi connectivity index (χ0v) is 38.2. The van der Waals surface area contributed by atoms with Crippen LogP contribution in [0.25, 0.3) is 10.9 Å². The van der Waals surface area contributed by atoms with Gasteiger partial charge in [-0.3, -0.25) is 43.8 Å². The van der Waals surface area contributed by atoms with Crippen molar-refractivity contribution in [2.24, 2.45) is 23.1 Å². The Morgan fingerprint density at radius 1 is 0.806 bits per heavy atom. The lowest BCUT2D eigenvalue weighted by molar-refractivity contribution is -0.151. The van der Waals surface area contributed by atoms with Gasteiger partial charge < -0.3 is 69.4 Å². The zero-order chi connectivity index (χ0) is 49.4. The molecule has 1 aliphatic heterocycles. The Balaban J connectivity index is 1.51. The zero-order valence-electron chi connectivity index (χ0n) is 38.2. The second-order valence-corrected chi connectivity index (χ2v) is 17.1. The summed E-state index contributed by atoms with van der Waals surface area (Å²) in [6.07, 6.45) is 0.507. The average Bonchev–Trinajstić information content (AvgIpc) is 3.67. The number of rotatable bonds is 25. The molecule has 22 heteroatoms. The van der Waals surface area contributed by atoms with E-state index in [9.17, 15) is 43.5 Å². The highest BCUT2D eigenvalue weighted by Gasteiger charge is 2.43. The van der Waals surface area contributed by atoms with Crippen molar-refractivity contribution in [2.45, 2.75) is 114 Å². The molecule has 1 aliphatic rings. The lowest BCUT2D eigenvalue weighted by Gasteiger charge is -2.42. The van der Waals surface area contributed by atoms with E-state index in [0.717, 1.165) is 16.5 Å². The molecule has 1 saturated heterocycles. The van der Waals surface area contributed by atoms with E-state index in [1.165, 1.54) is 11.8 Å². The third kappa shape index (κ3) is 15.5. The molecule has 364 valence electrons. The van der Waals surface area contributed by atoms with Crippen LogP contribution in [0.3, 0.4) is 0 Å². The highest BCUT2D eigenvalue weighted by atomic mass is 16.3. The van der Waals surface area contributed by atoms with E-state index in [4.69, 9.17) is 22.6 Å². The van der Waals surface area contributed by atoms with Gasteiger partial charge in [0, 0.05) is 50.1 Å². The lowest BCUT2D eigenvalue weighted by atomic mass is 9.96. The topological polar surface area (TPSA) is 362 Å². The molecule has 4 rings (SSSR count). The minimum Gasteiger partial charge on any atom is -0.391 e. The van der Waals surface area contributed by atoms with Crippen LogP contribution in [0.1, 0.15) is 64.0 Å². The number of carbonyl (C=O) groups excluding carboxylic acids is 8. The molecule has 8 atom stereocenters. The predicted molar refractivity (Wildman–Crippen MR) is 248 cm³/mol. The summed E-state index contributed by atoms with van der Waals surface area (Å²) in [5, 5.41) is 37.8. The van der Waals surface area contributed by atoms with Gasteiger partial charge in [-0.25, -0.2) is 0 Å². The summed E-state index contributed by atoms with van der Waals surface area (Å²) in [5.74, 6) is -6.30. The molecular formula is C45H65N13O9. The van der Waals surface area contributed by atoms with Crippen LogP contribution in [0, 0.1) is 11.3 Å². The molecule has 1 aromatic heterocycles. The molecule has 0 unspecified atom stereocenters. The highest BCUT2D eigenvalue weighted by molar-refractivity contribution is 5.98. The molecular weight excluding hydrogens is 867 g/mol. The fourth-order valence-corrected chi connectivity index (χ4v) is 7.55. The summed E-state index contributed by atoms with van der Waals surface area (Å²) in [6.45, 7) is 5.30. The summed E-state index contributed by atoms with van der Waals surface area (Å²) < 4.78 is 0. The maximum atomic E-state index is 14.3. The number of aromatic amines is 1. The smallest absolute Gasteiger partial charge is 0.246 e. The number of fused-ring (bicyclic) bond motifs is 1. The van der Waals surface area contributed by atoms with E-state index < -0.39 is 102 Å². The van der Waals surface area contributed by atoms with Crippen molar-refractivity contribution in [3.8, 4) is 0 Å². The molecule has 0 aliphatic carbocycles. The number of para-hydroxylation sites is 1. The van der Waals surface area contributed by atoms with Crippen LogP contribution in [-0.4, -0.2) is 137 Å². The third-order valence-corrected chi connectivity index (χ3v) is 11.3. The number of hydrogen-bond acceptors (Lipinski definition) is 11. The maximum absolute atomic E-state index is 14.3. The number of guanidine groups is 1. The minimum atomic E-state index is -1.59. The van der Waals surface area contributed by atoms with Crippen molar-refractivity contribution in [1.29, 1.82) is 5.41 Å². The van der Waals surface area contributed by atoms with Gasteiger partial charge in [0.05, 0.1) is 18.6 Å². The van der Waals surface area contributed by atoms with Crippen molar-refractivity contribution >= 4 is 64.1 Å². The van der Waals surface area contributed by atoms with Crippen molar-refractivity contribution in [2.75, 3.05) is 20.1 Å². The molecule has 0 saturated carbocycles. The van der Waals surface area contributed by atoms with Gasteiger partial charge >= 0.3 is 0 Å². The van der Waals surface area contributed by atoms with E-state index in [0.29, 0.717) is 12.0 Å². The second-order valence-electron chi connectivity index (χ2n) is 17.1. The lowest BCUT2D eigenvalue weighted by Crippen LogP contribution is -2.66. The highest BCUT2D eigenvalue weighted by Crippen LogP contribution is 2.22. The van der Waals surface area contributed by atoms with E-state index in [1.807, 2.05) is 38.1 Å². The number of likely N-dealkylation sites (tertiary alicyclic amines) is 1. The van der Waals surface area contributed by atoms with Crippen LogP contribution in [0.15, 0.2) is 60.8 Å². The number of H-pyrrole nitrogens is 1. The Labute approximate surface area is 388 Å². The summed E-state index contributed by atoms with van der Waals surface area (Å²) in [7, 11) is 1.57. The number of nitrogens with two attached hydrogens (primary N) is 3. The van der Waals surface area contributed by atoms with Crippen LogP contribution < -0.4 is 54.4 Å². The molecule has 67 heavy (non-hydrogen) atoms. The Bertz CT molecular complexity index is 2230. The Kier molecular flexibility index (Phi) is 19.6. The predicted octanol–water partition coefficient (Wildman–Crippen LogP) is -2.38. The summed E-state index contributed by atoms with van der Waals surface area (Å²) in [4.78, 5) is 111. The van der Waals surface area contributed by atoms with E-state index in [2.05, 4.69) is 42.2 Å². The second kappa shape index (κ2) is 25.0. The fraction of sp³-hybridized carbons (Fsp3) is 0.489. The number of benzene rings is 2. The molecule has 0 spiro atoms. The Morgan fingerprint density at radius 2 is 1.45 bits per heavy atom. The Hall–Kier alpha value is -7.07. The van der Waals surface area contributed by atoms with Gasteiger partial charge in [-0.1, -0.05) is 62.4 Å².